The summed E-state index contributed by atoms with van der Waals surface area (Å²) in [6.45, 7) is 3.58. The summed E-state index contributed by atoms with van der Waals surface area (Å²) in [7, 11) is 0. The van der Waals surface area contributed by atoms with E-state index in [1.807, 2.05) is 6.92 Å². The van der Waals surface area contributed by atoms with Crippen molar-refractivity contribution in [3.05, 3.63) is 23.2 Å². The van der Waals surface area contributed by atoms with E-state index < -0.39 is 0 Å². The molecular formula is C17H24ClN3O3. The second kappa shape index (κ2) is 9.61. The molecule has 24 heavy (non-hydrogen) atoms. The van der Waals surface area contributed by atoms with Crippen LogP contribution in [0.3, 0.4) is 0 Å². The van der Waals surface area contributed by atoms with Gasteiger partial charge in [0.25, 0.3) is 0 Å². The Morgan fingerprint density at radius 2 is 2.12 bits per heavy atom. The maximum atomic E-state index is 12.0. The molecule has 0 saturated carbocycles. The van der Waals surface area contributed by atoms with Gasteiger partial charge < -0.3 is 20.7 Å². The molecule has 3 N–H and O–H groups in total. The molecule has 1 aromatic rings. The fourth-order valence-corrected chi connectivity index (χ4v) is 2.66. The van der Waals surface area contributed by atoms with Crippen LogP contribution in [0, 0.1) is 0 Å². The van der Waals surface area contributed by atoms with Crippen LogP contribution in [-0.2, 0) is 14.3 Å². The van der Waals surface area contributed by atoms with Crippen LogP contribution in [0.25, 0.3) is 0 Å². The van der Waals surface area contributed by atoms with Gasteiger partial charge in [-0.3, -0.25) is 9.59 Å². The zero-order valence-electron chi connectivity index (χ0n) is 13.9. The van der Waals surface area contributed by atoms with E-state index in [0.717, 1.165) is 25.9 Å². The second-order valence-corrected chi connectivity index (χ2v) is 6.21. The molecule has 1 aliphatic rings. The van der Waals surface area contributed by atoms with Gasteiger partial charge in [-0.25, -0.2) is 0 Å². The average molecular weight is 354 g/mol. The highest BCUT2D eigenvalue weighted by atomic mass is 35.5. The molecule has 1 atom stereocenters. The van der Waals surface area contributed by atoms with Gasteiger partial charge in [0.15, 0.2) is 0 Å². The van der Waals surface area contributed by atoms with Gasteiger partial charge in [0.2, 0.25) is 11.8 Å². The van der Waals surface area contributed by atoms with Crippen molar-refractivity contribution in [2.45, 2.75) is 38.7 Å². The highest BCUT2D eigenvalue weighted by molar-refractivity contribution is 6.33. The molecule has 132 valence electrons. The van der Waals surface area contributed by atoms with Crippen LogP contribution in [0.5, 0.6) is 0 Å². The van der Waals surface area contributed by atoms with Crippen LogP contribution in [0.15, 0.2) is 18.2 Å². The van der Waals surface area contributed by atoms with Crippen molar-refractivity contribution in [1.82, 2.24) is 5.32 Å². The van der Waals surface area contributed by atoms with E-state index in [0.29, 0.717) is 29.4 Å². The van der Waals surface area contributed by atoms with Gasteiger partial charge in [-0.1, -0.05) is 18.5 Å². The molecule has 1 saturated heterocycles. The smallest absolute Gasteiger partial charge is 0.238 e. The van der Waals surface area contributed by atoms with E-state index >= 15 is 0 Å². The number of carbonyl (C=O) groups is 2. The van der Waals surface area contributed by atoms with Crippen molar-refractivity contribution in [3.8, 4) is 0 Å². The number of hydrogen-bond donors (Lipinski definition) is 3. The van der Waals surface area contributed by atoms with Gasteiger partial charge in [-0.05, 0) is 37.5 Å². The van der Waals surface area contributed by atoms with Crippen molar-refractivity contribution in [1.29, 1.82) is 0 Å². The minimum Gasteiger partial charge on any atom is -0.377 e. The van der Waals surface area contributed by atoms with Crippen LogP contribution < -0.4 is 16.0 Å². The second-order valence-electron chi connectivity index (χ2n) is 5.81. The van der Waals surface area contributed by atoms with Gasteiger partial charge in [0.1, 0.15) is 0 Å². The number of amides is 2. The molecule has 1 fully saturated rings. The van der Waals surface area contributed by atoms with E-state index in [1.54, 1.807) is 18.2 Å². The maximum absolute atomic E-state index is 12.0. The summed E-state index contributed by atoms with van der Waals surface area (Å²) >= 11 is 6.11. The van der Waals surface area contributed by atoms with Crippen LogP contribution >= 0.6 is 11.6 Å². The Labute approximate surface area is 147 Å². The molecule has 1 aliphatic heterocycles. The van der Waals surface area contributed by atoms with Crippen LogP contribution in [0.2, 0.25) is 5.02 Å². The molecule has 1 aromatic carbocycles. The number of nitrogens with one attached hydrogen (secondary N) is 3. The molecule has 1 heterocycles. The van der Waals surface area contributed by atoms with E-state index in [1.165, 1.54) is 0 Å². The van der Waals surface area contributed by atoms with Crippen LogP contribution in [0.1, 0.15) is 32.6 Å². The molecule has 7 heteroatoms. The van der Waals surface area contributed by atoms with Gasteiger partial charge in [-0.2, -0.15) is 0 Å². The number of anilines is 2. The molecule has 2 amide bonds. The molecule has 6 nitrogen and oxygen atoms in total. The van der Waals surface area contributed by atoms with Gasteiger partial charge in [0.05, 0.1) is 23.4 Å². The maximum Gasteiger partial charge on any atom is 0.238 e. The van der Waals surface area contributed by atoms with E-state index in [9.17, 15) is 9.59 Å². The minimum atomic E-state index is -0.188. The first-order valence-corrected chi connectivity index (χ1v) is 8.68. The standard InChI is InChI=1S/C17H24ClN3O3/c1-2-4-16(22)20-12-6-7-14(18)15(9-12)21-17(23)11-19-10-13-5-3-8-24-13/h6-7,9,13,19H,2-5,8,10-11H2,1H3,(H,20,22)(H,21,23). The third-order valence-corrected chi connectivity index (χ3v) is 4.01. The summed E-state index contributed by atoms with van der Waals surface area (Å²) in [5.74, 6) is -0.248. The SMILES string of the molecule is CCCC(=O)Nc1ccc(Cl)c(NC(=O)CNCC2CCCO2)c1. The number of carbonyl (C=O) groups excluding carboxylic acids is 2. The quantitative estimate of drug-likeness (QED) is 0.671. The van der Waals surface area contributed by atoms with Crippen LogP contribution in [0.4, 0.5) is 11.4 Å². The number of hydrogen-bond acceptors (Lipinski definition) is 4. The summed E-state index contributed by atoms with van der Waals surface area (Å²) in [6, 6.07) is 5.02. The zero-order valence-corrected chi connectivity index (χ0v) is 14.6. The largest absolute Gasteiger partial charge is 0.377 e. The first kappa shape index (κ1) is 18.7. The fraction of sp³-hybridized carbons (Fsp3) is 0.529. The Balaban J connectivity index is 1.83. The fourth-order valence-electron chi connectivity index (χ4n) is 2.50. The Hall–Kier alpha value is -1.63. The zero-order chi connectivity index (χ0) is 17.4. The summed E-state index contributed by atoms with van der Waals surface area (Å²) < 4.78 is 5.49. The number of rotatable bonds is 8. The first-order valence-electron chi connectivity index (χ1n) is 8.30. The lowest BCUT2D eigenvalue weighted by atomic mass is 10.2. The van der Waals surface area contributed by atoms with Crippen molar-refractivity contribution in [3.63, 3.8) is 0 Å². The molecular weight excluding hydrogens is 330 g/mol. The third-order valence-electron chi connectivity index (χ3n) is 3.68. The normalized spacial score (nSPS) is 16.8. The lowest BCUT2D eigenvalue weighted by Gasteiger charge is -2.12. The number of benzene rings is 1. The molecule has 1 unspecified atom stereocenters. The van der Waals surface area contributed by atoms with Gasteiger partial charge in [-0.15, -0.1) is 0 Å². The van der Waals surface area contributed by atoms with Gasteiger partial charge in [0, 0.05) is 25.3 Å². The van der Waals surface area contributed by atoms with Crippen molar-refractivity contribution in [2.75, 3.05) is 30.3 Å². The van der Waals surface area contributed by atoms with E-state index in [-0.39, 0.29) is 24.5 Å². The molecule has 0 bridgehead atoms. The van der Waals surface area contributed by atoms with E-state index in [4.69, 9.17) is 16.3 Å². The predicted molar refractivity (Wildman–Crippen MR) is 95.5 cm³/mol. The molecule has 0 radical (unpaired) electrons. The van der Waals surface area contributed by atoms with Crippen molar-refractivity contribution in [2.24, 2.45) is 0 Å². The molecule has 2 rings (SSSR count). The number of halogens is 1. The van der Waals surface area contributed by atoms with Crippen molar-refractivity contribution < 1.29 is 14.3 Å². The molecule has 0 aliphatic carbocycles. The molecule has 0 spiro atoms. The average Bonchev–Trinajstić information content (AvgIpc) is 3.04. The van der Waals surface area contributed by atoms with E-state index in [2.05, 4.69) is 16.0 Å². The summed E-state index contributed by atoms with van der Waals surface area (Å²) in [5, 5.41) is 9.05. The monoisotopic (exact) mass is 353 g/mol. The summed E-state index contributed by atoms with van der Waals surface area (Å²) in [6.07, 6.45) is 3.53. The topological polar surface area (TPSA) is 79.5 Å². The third kappa shape index (κ3) is 6.11. The highest BCUT2D eigenvalue weighted by Gasteiger charge is 2.15. The first-order chi connectivity index (χ1) is 11.6. The van der Waals surface area contributed by atoms with Crippen LogP contribution in [-0.4, -0.2) is 37.6 Å². The van der Waals surface area contributed by atoms with Crippen molar-refractivity contribution >= 4 is 34.8 Å². The predicted octanol–water partition coefficient (Wildman–Crippen LogP) is 2.79. The Morgan fingerprint density at radius 3 is 2.83 bits per heavy atom. The Bertz CT molecular complexity index is 574. The summed E-state index contributed by atoms with van der Waals surface area (Å²) in [4.78, 5) is 23.7. The Morgan fingerprint density at radius 1 is 1.29 bits per heavy atom. The minimum absolute atomic E-state index is 0.0599. The Kier molecular flexibility index (Phi) is 7.49. The lowest BCUT2D eigenvalue weighted by Crippen LogP contribution is -2.33. The molecule has 0 aromatic heterocycles. The highest BCUT2D eigenvalue weighted by Crippen LogP contribution is 2.25. The summed E-state index contributed by atoms with van der Waals surface area (Å²) in [5.41, 5.74) is 1.09. The van der Waals surface area contributed by atoms with Gasteiger partial charge >= 0.3 is 0 Å². The lowest BCUT2D eigenvalue weighted by molar-refractivity contribution is -0.116. The number of ether oxygens (including phenoxy) is 1.